The number of aromatic nitrogens is 3. The minimum Gasteiger partial charge on any atom is -0.493 e. The van der Waals surface area contributed by atoms with E-state index in [9.17, 15) is 9.90 Å². The molecule has 0 atom stereocenters. The molecule has 7 rings (SSSR count). The van der Waals surface area contributed by atoms with Gasteiger partial charge in [0.05, 0.1) is 56.5 Å². The molecule has 0 saturated carbocycles. The fraction of sp³-hybridized carbons (Fsp3) is 0.436. The zero-order valence-electron chi connectivity index (χ0n) is 28.7. The summed E-state index contributed by atoms with van der Waals surface area (Å²) in [6, 6.07) is 20.8. The van der Waals surface area contributed by atoms with E-state index in [2.05, 4.69) is 57.8 Å². The molecule has 49 heavy (non-hydrogen) atoms. The van der Waals surface area contributed by atoms with E-state index >= 15 is 0 Å². The average molecular weight is 666 g/mol. The van der Waals surface area contributed by atoms with Gasteiger partial charge in [-0.2, -0.15) is 5.10 Å². The number of fused-ring (bicyclic) bond motifs is 3. The number of esters is 1. The number of aryl methyl sites for hydroxylation is 2. The van der Waals surface area contributed by atoms with Gasteiger partial charge >= 0.3 is 5.97 Å². The van der Waals surface area contributed by atoms with Crippen molar-refractivity contribution >= 4 is 27.6 Å². The molecule has 3 aromatic carbocycles. The van der Waals surface area contributed by atoms with Gasteiger partial charge in [0.15, 0.2) is 0 Å². The second kappa shape index (κ2) is 15.1. The predicted octanol–water partition coefficient (Wildman–Crippen LogP) is 5.51. The molecule has 0 radical (unpaired) electrons. The minimum atomic E-state index is -0.287. The molecular formula is C39H47N5O5. The Morgan fingerprint density at radius 1 is 0.980 bits per heavy atom. The number of hydrogen-bond acceptors (Lipinski definition) is 8. The van der Waals surface area contributed by atoms with Gasteiger partial charge in [0.1, 0.15) is 11.4 Å². The van der Waals surface area contributed by atoms with Crippen LogP contribution >= 0.6 is 0 Å². The molecule has 5 aromatic rings. The Balaban J connectivity index is 1.32. The number of carbonyl (C=O) groups excluding carboxylic acids is 1. The van der Waals surface area contributed by atoms with Gasteiger partial charge in [0, 0.05) is 54.6 Å². The van der Waals surface area contributed by atoms with Crippen LogP contribution in [-0.4, -0.2) is 94.9 Å². The number of morpholine rings is 1. The molecule has 1 N–H and O–H groups in total. The fourth-order valence-electron chi connectivity index (χ4n) is 7.56. The molecule has 1 fully saturated rings. The van der Waals surface area contributed by atoms with Crippen molar-refractivity contribution in [2.75, 3.05) is 59.7 Å². The SMILES string of the molecule is CCOC(=O)c1c(CCCOc2cccc3ccccc23)c2cccc3c2n1CCCN(C)Cc1nn(CCO)c(CN2CCOCC2)c1-3. The second-order valence-electron chi connectivity index (χ2n) is 13.0. The van der Waals surface area contributed by atoms with E-state index in [1.54, 1.807) is 0 Å². The number of ether oxygens (including phenoxy) is 3. The van der Waals surface area contributed by atoms with Crippen molar-refractivity contribution in [1.29, 1.82) is 0 Å². The summed E-state index contributed by atoms with van der Waals surface area (Å²) in [5.74, 6) is 0.584. The number of hydrogen-bond donors (Lipinski definition) is 1. The van der Waals surface area contributed by atoms with Crippen LogP contribution in [0, 0.1) is 0 Å². The summed E-state index contributed by atoms with van der Waals surface area (Å²) in [6.07, 6.45) is 2.28. The van der Waals surface area contributed by atoms with Crippen molar-refractivity contribution < 1.29 is 24.1 Å². The highest BCUT2D eigenvalue weighted by Gasteiger charge is 2.30. The lowest BCUT2D eigenvalue weighted by Crippen LogP contribution is -2.36. The Bertz CT molecular complexity index is 1920. The van der Waals surface area contributed by atoms with E-state index in [-0.39, 0.29) is 12.6 Å². The molecule has 1 saturated heterocycles. The van der Waals surface area contributed by atoms with Gasteiger partial charge in [-0.25, -0.2) is 4.79 Å². The molecule has 0 unspecified atom stereocenters. The fourth-order valence-corrected chi connectivity index (χ4v) is 7.56. The first kappa shape index (κ1) is 33.3. The Morgan fingerprint density at radius 3 is 2.61 bits per heavy atom. The van der Waals surface area contributed by atoms with E-state index in [1.807, 2.05) is 35.9 Å². The van der Waals surface area contributed by atoms with Gasteiger partial charge in [0.2, 0.25) is 0 Å². The van der Waals surface area contributed by atoms with Gasteiger partial charge in [-0.15, -0.1) is 0 Å². The summed E-state index contributed by atoms with van der Waals surface area (Å²) in [7, 11) is 2.13. The zero-order valence-corrected chi connectivity index (χ0v) is 28.7. The highest BCUT2D eigenvalue weighted by Crippen LogP contribution is 2.40. The van der Waals surface area contributed by atoms with Crippen LogP contribution < -0.4 is 4.74 Å². The first-order chi connectivity index (χ1) is 24.1. The highest BCUT2D eigenvalue weighted by molar-refractivity contribution is 6.05. The Morgan fingerprint density at radius 2 is 1.78 bits per heavy atom. The summed E-state index contributed by atoms with van der Waals surface area (Å²) in [5, 5.41) is 18.5. The molecule has 2 aliphatic heterocycles. The van der Waals surface area contributed by atoms with E-state index in [4.69, 9.17) is 19.3 Å². The van der Waals surface area contributed by atoms with Crippen LogP contribution in [0.5, 0.6) is 5.75 Å². The molecule has 0 amide bonds. The van der Waals surface area contributed by atoms with Crippen LogP contribution in [0.4, 0.5) is 0 Å². The molecular weight excluding hydrogens is 618 g/mol. The van der Waals surface area contributed by atoms with Crippen molar-refractivity contribution in [2.45, 2.75) is 52.4 Å². The summed E-state index contributed by atoms with van der Waals surface area (Å²) in [4.78, 5) is 18.6. The maximum absolute atomic E-state index is 13.9. The molecule has 4 heterocycles. The monoisotopic (exact) mass is 665 g/mol. The smallest absolute Gasteiger partial charge is 0.355 e. The number of aliphatic hydroxyl groups excluding tert-OH is 1. The van der Waals surface area contributed by atoms with Gasteiger partial charge in [0.25, 0.3) is 0 Å². The molecule has 0 bridgehead atoms. The van der Waals surface area contributed by atoms with Crippen molar-refractivity contribution in [3.05, 3.63) is 83.3 Å². The van der Waals surface area contributed by atoms with Crippen LogP contribution in [-0.2, 0) is 42.1 Å². The summed E-state index contributed by atoms with van der Waals surface area (Å²) < 4.78 is 22.0. The molecule has 0 aliphatic carbocycles. The molecule has 2 aliphatic rings. The summed E-state index contributed by atoms with van der Waals surface area (Å²) in [6.45, 7) is 9.16. The first-order valence-corrected chi connectivity index (χ1v) is 17.7. The zero-order chi connectivity index (χ0) is 33.7. The van der Waals surface area contributed by atoms with Crippen LogP contribution in [0.2, 0.25) is 0 Å². The van der Waals surface area contributed by atoms with E-state index in [0.29, 0.717) is 64.7 Å². The van der Waals surface area contributed by atoms with Crippen LogP contribution in [0.15, 0.2) is 60.7 Å². The standard InChI is InChI=1S/C39H47N5O5/c1-3-48-39(46)38-31(15-8-23-49-35-16-6-11-28-10-4-5-12-29(28)35)30-13-7-14-32-36-33(26-41(2)17-9-18-43(38)37(30)32)40-44(19-22-45)34(36)27-42-20-24-47-25-21-42/h4-7,10-14,16,45H,3,8-9,15,17-27H2,1-2H3. The number of benzene rings is 3. The number of nitrogens with zero attached hydrogens (tertiary/aromatic N) is 5. The average Bonchev–Trinajstić information content (AvgIpc) is 3.61. The third-order valence-electron chi connectivity index (χ3n) is 9.76. The number of rotatable bonds is 11. The van der Waals surface area contributed by atoms with Crippen molar-refractivity contribution in [3.63, 3.8) is 0 Å². The Hall–Kier alpha value is -4.22. The largest absolute Gasteiger partial charge is 0.493 e. The third kappa shape index (κ3) is 6.83. The van der Waals surface area contributed by atoms with Gasteiger partial charge in [-0.1, -0.05) is 54.6 Å². The van der Waals surface area contributed by atoms with E-state index in [0.717, 1.165) is 88.0 Å². The van der Waals surface area contributed by atoms with Crippen LogP contribution in [0.3, 0.4) is 0 Å². The topological polar surface area (TPSA) is 94.2 Å². The van der Waals surface area contributed by atoms with Gasteiger partial charge < -0.3 is 28.8 Å². The van der Waals surface area contributed by atoms with Crippen LogP contribution in [0.25, 0.3) is 32.8 Å². The quantitative estimate of drug-likeness (QED) is 0.146. The second-order valence-corrected chi connectivity index (χ2v) is 13.0. The maximum Gasteiger partial charge on any atom is 0.355 e. The predicted molar refractivity (Wildman–Crippen MR) is 191 cm³/mol. The molecule has 10 heteroatoms. The third-order valence-corrected chi connectivity index (χ3v) is 9.76. The minimum absolute atomic E-state index is 0.00505. The highest BCUT2D eigenvalue weighted by atomic mass is 16.5. The van der Waals surface area contributed by atoms with Crippen LogP contribution in [0.1, 0.15) is 47.2 Å². The summed E-state index contributed by atoms with van der Waals surface area (Å²) >= 11 is 0. The summed E-state index contributed by atoms with van der Waals surface area (Å²) in [5.41, 5.74) is 6.93. The van der Waals surface area contributed by atoms with E-state index < -0.39 is 0 Å². The normalized spacial score (nSPS) is 15.8. The lowest BCUT2D eigenvalue weighted by Gasteiger charge is -2.27. The first-order valence-electron chi connectivity index (χ1n) is 17.7. The number of carbonyl (C=O) groups is 1. The Labute approximate surface area is 287 Å². The van der Waals surface area contributed by atoms with E-state index in [1.165, 1.54) is 0 Å². The van der Waals surface area contributed by atoms with Gasteiger partial charge in [-0.3, -0.25) is 9.58 Å². The number of aliphatic hydroxyl groups is 1. The molecule has 258 valence electrons. The van der Waals surface area contributed by atoms with Gasteiger partial charge in [-0.05, 0) is 56.8 Å². The molecule has 10 nitrogen and oxygen atoms in total. The lowest BCUT2D eigenvalue weighted by molar-refractivity contribution is 0.0329. The Kier molecular flexibility index (Phi) is 10.3. The van der Waals surface area contributed by atoms with Crippen molar-refractivity contribution in [3.8, 4) is 16.9 Å². The lowest BCUT2D eigenvalue weighted by atomic mass is 9.97. The van der Waals surface area contributed by atoms with Crippen molar-refractivity contribution in [2.24, 2.45) is 0 Å². The maximum atomic E-state index is 13.9. The number of para-hydroxylation sites is 1. The van der Waals surface area contributed by atoms with Crippen molar-refractivity contribution in [1.82, 2.24) is 24.1 Å². The molecule has 0 spiro atoms. The molecule has 2 aromatic heterocycles.